The number of amides is 1. The second-order valence-electron chi connectivity index (χ2n) is 6.15. The van der Waals surface area contributed by atoms with Gasteiger partial charge in [-0.3, -0.25) is 9.59 Å². The smallest absolute Gasteiger partial charge is 0.323 e. The third-order valence-electron chi connectivity index (χ3n) is 4.20. The number of carboxylic acid groups (broad SMARTS) is 1. The van der Waals surface area contributed by atoms with E-state index in [0.29, 0.717) is 17.9 Å². The predicted molar refractivity (Wildman–Crippen MR) is 93.6 cm³/mol. The molecule has 1 aliphatic rings. The van der Waals surface area contributed by atoms with E-state index < -0.39 is 22.5 Å². The van der Waals surface area contributed by atoms with E-state index in [4.69, 9.17) is 16.7 Å². The molecule has 0 aromatic heterocycles. The average Bonchev–Trinajstić information content (AvgIpc) is 2.54. The highest BCUT2D eigenvalue weighted by Crippen LogP contribution is 2.22. The molecule has 25 heavy (non-hydrogen) atoms. The Labute approximate surface area is 152 Å². The molecule has 1 fully saturated rings. The van der Waals surface area contributed by atoms with Gasteiger partial charge in [-0.25, -0.2) is 12.7 Å². The van der Waals surface area contributed by atoms with Crippen LogP contribution in [0.2, 0.25) is 5.02 Å². The van der Waals surface area contributed by atoms with Crippen LogP contribution in [0.4, 0.5) is 0 Å². The number of hydrogen-bond donors (Lipinski definition) is 1. The van der Waals surface area contributed by atoms with Gasteiger partial charge < -0.3 is 10.0 Å². The summed E-state index contributed by atoms with van der Waals surface area (Å²) in [5.41, 5.74) is 0.785. The Balaban J connectivity index is 2.06. The second kappa shape index (κ2) is 8.16. The van der Waals surface area contributed by atoms with Crippen molar-refractivity contribution in [2.45, 2.75) is 19.4 Å². The van der Waals surface area contributed by atoms with Crippen LogP contribution in [0.15, 0.2) is 24.3 Å². The number of rotatable bonds is 6. The molecule has 0 atom stereocenters. The third-order valence-corrected chi connectivity index (χ3v) is 5.75. The lowest BCUT2D eigenvalue weighted by molar-refractivity contribution is -0.147. The van der Waals surface area contributed by atoms with Crippen molar-refractivity contribution in [2.24, 2.45) is 5.92 Å². The number of benzene rings is 1. The third kappa shape index (κ3) is 5.69. The monoisotopic (exact) mass is 388 g/mol. The Morgan fingerprint density at radius 1 is 1.24 bits per heavy atom. The van der Waals surface area contributed by atoms with Crippen molar-refractivity contribution in [2.75, 3.05) is 25.9 Å². The van der Waals surface area contributed by atoms with Gasteiger partial charge in [-0.05, 0) is 30.5 Å². The van der Waals surface area contributed by atoms with Crippen molar-refractivity contribution in [3.63, 3.8) is 0 Å². The van der Waals surface area contributed by atoms with Gasteiger partial charge in [0.05, 0.1) is 6.26 Å². The second-order valence-corrected chi connectivity index (χ2v) is 8.57. The molecule has 1 amide bonds. The van der Waals surface area contributed by atoms with Crippen LogP contribution in [0.5, 0.6) is 0 Å². The molecule has 0 unspecified atom stereocenters. The Kier molecular flexibility index (Phi) is 6.42. The lowest BCUT2D eigenvalue weighted by atomic mass is 9.96. The van der Waals surface area contributed by atoms with Crippen molar-refractivity contribution in [3.8, 4) is 0 Å². The van der Waals surface area contributed by atoms with Gasteiger partial charge in [0.25, 0.3) is 0 Å². The molecule has 0 bridgehead atoms. The van der Waals surface area contributed by atoms with E-state index in [-0.39, 0.29) is 31.5 Å². The molecule has 1 aromatic carbocycles. The van der Waals surface area contributed by atoms with Crippen molar-refractivity contribution < 1.29 is 23.1 Å². The fraction of sp³-hybridized carbons (Fsp3) is 0.500. The molecule has 0 spiro atoms. The molecule has 1 aliphatic heterocycles. The summed E-state index contributed by atoms with van der Waals surface area (Å²) in [7, 11) is -3.27. The van der Waals surface area contributed by atoms with Gasteiger partial charge in [0.1, 0.15) is 6.54 Å². The van der Waals surface area contributed by atoms with Gasteiger partial charge in [-0.1, -0.05) is 23.7 Å². The fourth-order valence-electron chi connectivity index (χ4n) is 2.88. The van der Waals surface area contributed by atoms with Crippen molar-refractivity contribution >= 4 is 33.5 Å². The number of carbonyl (C=O) groups excluding carboxylic acids is 1. The standard InChI is InChI=1S/C16H21ClN2O5S/c1-25(23,24)19-8-6-13(7-9-19)16(22)18(11-15(20)21)10-12-2-4-14(17)5-3-12/h2-5,13H,6-11H2,1H3,(H,20,21). The Morgan fingerprint density at radius 2 is 1.80 bits per heavy atom. The summed E-state index contributed by atoms with van der Waals surface area (Å²) in [5.74, 6) is -1.72. The lowest BCUT2D eigenvalue weighted by Gasteiger charge is -2.32. The molecule has 1 saturated heterocycles. The molecule has 0 radical (unpaired) electrons. The van der Waals surface area contributed by atoms with Crippen LogP contribution < -0.4 is 0 Å². The van der Waals surface area contributed by atoms with Gasteiger partial charge in [0, 0.05) is 30.6 Å². The van der Waals surface area contributed by atoms with Gasteiger partial charge >= 0.3 is 5.97 Å². The molecule has 1 N–H and O–H groups in total. The number of hydrogen-bond acceptors (Lipinski definition) is 4. The molecule has 7 nitrogen and oxygen atoms in total. The van der Waals surface area contributed by atoms with Crippen LogP contribution in [0.25, 0.3) is 0 Å². The van der Waals surface area contributed by atoms with E-state index >= 15 is 0 Å². The van der Waals surface area contributed by atoms with Crippen LogP contribution in [0.3, 0.4) is 0 Å². The Hall–Kier alpha value is -1.64. The van der Waals surface area contributed by atoms with Crippen LogP contribution in [0.1, 0.15) is 18.4 Å². The van der Waals surface area contributed by atoms with Crippen molar-refractivity contribution in [3.05, 3.63) is 34.9 Å². The maximum Gasteiger partial charge on any atom is 0.323 e. The van der Waals surface area contributed by atoms with Crippen LogP contribution in [0, 0.1) is 5.92 Å². The maximum absolute atomic E-state index is 12.7. The number of carbonyl (C=O) groups is 2. The number of nitrogens with zero attached hydrogens (tertiary/aromatic N) is 2. The minimum absolute atomic E-state index is 0.175. The summed E-state index contributed by atoms with van der Waals surface area (Å²) in [6.45, 7) is 0.330. The first kappa shape index (κ1) is 19.7. The van der Waals surface area contributed by atoms with E-state index in [0.717, 1.165) is 11.8 Å². The zero-order valence-electron chi connectivity index (χ0n) is 13.9. The van der Waals surface area contributed by atoms with E-state index in [1.807, 2.05) is 0 Å². The minimum Gasteiger partial charge on any atom is -0.480 e. The van der Waals surface area contributed by atoms with E-state index in [2.05, 4.69) is 0 Å². The number of halogens is 1. The zero-order valence-corrected chi connectivity index (χ0v) is 15.5. The first-order valence-electron chi connectivity index (χ1n) is 7.87. The van der Waals surface area contributed by atoms with Gasteiger partial charge in [0.15, 0.2) is 0 Å². The molecular weight excluding hydrogens is 368 g/mol. The minimum atomic E-state index is -3.27. The van der Waals surface area contributed by atoms with Crippen molar-refractivity contribution in [1.29, 1.82) is 0 Å². The highest BCUT2D eigenvalue weighted by atomic mass is 35.5. The largest absolute Gasteiger partial charge is 0.480 e. The van der Waals surface area contributed by atoms with Gasteiger partial charge in [-0.15, -0.1) is 0 Å². The molecule has 138 valence electrons. The Morgan fingerprint density at radius 3 is 2.28 bits per heavy atom. The normalized spacial score (nSPS) is 16.6. The number of sulfonamides is 1. The maximum atomic E-state index is 12.7. The van der Waals surface area contributed by atoms with Crippen LogP contribution >= 0.6 is 11.6 Å². The fourth-order valence-corrected chi connectivity index (χ4v) is 3.88. The van der Waals surface area contributed by atoms with Gasteiger partial charge in [0.2, 0.25) is 15.9 Å². The summed E-state index contributed by atoms with van der Waals surface area (Å²) in [6, 6.07) is 6.86. The first-order chi connectivity index (χ1) is 11.7. The average molecular weight is 389 g/mol. The molecule has 0 saturated carbocycles. The summed E-state index contributed by atoms with van der Waals surface area (Å²) < 4.78 is 24.5. The summed E-state index contributed by atoms with van der Waals surface area (Å²) in [4.78, 5) is 25.2. The molecule has 1 aromatic rings. The zero-order chi connectivity index (χ0) is 18.6. The topological polar surface area (TPSA) is 95.0 Å². The van der Waals surface area contributed by atoms with E-state index in [9.17, 15) is 18.0 Å². The van der Waals surface area contributed by atoms with Crippen LogP contribution in [-0.2, 0) is 26.2 Å². The predicted octanol–water partition coefficient (Wildman–Crippen LogP) is 1.42. The molecule has 0 aliphatic carbocycles. The first-order valence-corrected chi connectivity index (χ1v) is 10.1. The highest BCUT2D eigenvalue weighted by molar-refractivity contribution is 7.88. The van der Waals surface area contributed by atoms with E-state index in [1.54, 1.807) is 24.3 Å². The molecule has 2 rings (SSSR count). The number of piperidine rings is 1. The molecular formula is C16H21ClN2O5S. The van der Waals surface area contributed by atoms with E-state index in [1.165, 1.54) is 9.21 Å². The lowest BCUT2D eigenvalue weighted by Crippen LogP contribution is -2.45. The summed E-state index contributed by atoms with van der Waals surface area (Å²) in [6.07, 6.45) is 1.93. The summed E-state index contributed by atoms with van der Waals surface area (Å²) in [5, 5.41) is 9.66. The van der Waals surface area contributed by atoms with Gasteiger partial charge in [-0.2, -0.15) is 0 Å². The molecule has 9 heteroatoms. The van der Waals surface area contributed by atoms with Crippen LogP contribution in [-0.4, -0.2) is 60.5 Å². The Bertz CT molecular complexity index is 727. The number of aliphatic carboxylic acids is 1. The quantitative estimate of drug-likeness (QED) is 0.795. The van der Waals surface area contributed by atoms with Crippen molar-refractivity contribution in [1.82, 2.24) is 9.21 Å². The highest BCUT2D eigenvalue weighted by Gasteiger charge is 2.32. The SMILES string of the molecule is CS(=O)(=O)N1CCC(C(=O)N(CC(=O)O)Cc2ccc(Cl)cc2)CC1. The number of carboxylic acids is 1. The summed E-state index contributed by atoms with van der Waals surface area (Å²) >= 11 is 5.84. The molecule has 1 heterocycles.